The first-order valence-corrected chi connectivity index (χ1v) is 7.24. The molecule has 7 heteroatoms. The number of ether oxygens (including phenoxy) is 1. The van der Waals surface area contributed by atoms with Gasteiger partial charge in [-0.15, -0.1) is 6.42 Å². The molecule has 0 spiro atoms. The highest BCUT2D eigenvalue weighted by molar-refractivity contribution is 7.89. The van der Waals surface area contributed by atoms with Crippen molar-refractivity contribution in [1.82, 2.24) is 4.31 Å². The zero-order valence-corrected chi connectivity index (χ0v) is 11.8. The summed E-state index contributed by atoms with van der Waals surface area (Å²) in [4.78, 5) is 10.4. The average molecular weight is 297 g/mol. The van der Waals surface area contributed by atoms with Gasteiger partial charge in [-0.1, -0.05) is 12.8 Å². The van der Waals surface area contributed by atoms with Crippen molar-refractivity contribution in [3.63, 3.8) is 0 Å². The highest BCUT2D eigenvalue weighted by Crippen LogP contribution is 2.19. The number of carbonyl (C=O) groups is 1. The second-order valence-electron chi connectivity index (χ2n) is 3.79. The molecule has 0 saturated heterocycles. The van der Waals surface area contributed by atoms with Gasteiger partial charge in [-0.2, -0.15) is 4.31 Å². The molecule has 0 unspecified atom stereocenters. The Balaban J connectivity index is 2.92. The van der Waals surface area contributed by atoms with Gasteiger partial charge >= 0.3 is 5.97 Å². The fourth-order valence-corrected chi connectivity index (χ4v) is 2.83. The Morgan fingerprint density at radius 1 is 1.40 bits per heavy atom. The zero-order chi connectivity index (χ0) is 15.2. The molecule has 0 aliphatic carbocycles. The Kier molecular flexibility index (Phi) is 5.55. The van der Waals surface area contributed by atoms with E-state index in [1.54, 1.807) is 6.92 Å². The molecule has 0 fully saturated rings. The number of carboxylic acid groups (broad SMARTS) is 1. The molecule has 0 bridgehead atoms. The van der Waals surface area contributed by atoms with Gasteiger partial charge in [0.2, 0.25) is 10.0 Å². The monoisotopic (exact) mass is 297 g/mol. The number of terminal acetylenes is 1. The maximum atomic E-state index is 12.2. The molecule has 0 heterocycles. The van der Waals surface area contributed by atoms with Crippen molar-refractivity contribution >= 4 is 16.0 Å². The lowest BCUT2D eigenvalue weighted by molar-refractivity contribution is -0.139. The molecule has 0 aromatic heterocycles. The highest BCUT2D eigenvalue weighted by Gasteiger charge is 2.22. The third-order valence-electron chi connectivity index (χ3n) is 2.44. The standard InChI is InChI=1S/C13H15NO5S/c1-3-9-14(4-2)20(17,18)12-7-5-11(6-8-12)19-10-13(15)16/h1,5-8H,4,9-10H2,2H3,(H,15,16). The molecule has 1 aromatic carbocycles. The van der Waals surface area contributed by atoms with Gasteiger partial charge < -0.3 is 9.84 Å². The van der Waals surface area contributed by atoms with Gasteiger partial charge in [-0.05, 0) is 24.3 Å². The molecule has 0 saturated carbocycles. The van der Waals surface area contributed by atoms with E-state index in [2.05, 4.69) is 5.92 Å². The zero-order valence-electron chi connectivity index (χ0n) is 10.9. The van der Waals surface area contributed by atoms with E-state index in [9.17, 15) is 13.2 Å². The van der Waals surface area contributed by atoms with Crippen LogP contribution in [0.25, 0.3) is 0 Å². The summed E-state index contributed by atoms with van der Waals surface area (Å²) in [5.41, 5.74) is 0. The van der Waals surface area contributed by atoms with Crippen molar-refractivity contribution in [3.05, 3.63) is 24.3 Å². The summed E-state index contributed by atoms with van der Waals surface area (Å²) < 4.78 is 30.5. The van der Waals surface area contributed by atoms with Crippen molar-refractivity contribution in [1.29, 1.82) is 0 Å². The minimum absolute atomic E-state index is 0.00387. The first kappa shape index (κ1) is 16.0. The van der Waals surface area contributed by atoms with Gasteiger partial charge in [0.1, 0.15) is 5.75 Å². The number of hydrogen-bond donors (Lipinski definition) is 1. The summed E-state index contributed by atoms with van der Waals surface area (Å²) in [5.74, 6) is 1.48. The number of nitrogens with zero attached hydrogens (tertiary/aromatic N) is 1. The van der Waals surface area contributed by atoms with Crippen LogP contribution in [-0.4, -0.2) is 43.5 Å². The van der Waals surface area contributed by atoms with Crippen LogP contribution in [-0.2, 0) is 14.8 Å². The van der Waals surface area contributed by atoms with Crippen LogP contribution in [0.15, 0.2) is 29.2 Å². The molecule has 6 nitrogen and oxygen atoms in total. The molecular weight excluding hydrogens is 282 g/mol. The lowest BCUT2D eigenvalue weighted by Gasteiger charge is -2.17. The maximum Gasteiger partial charge on any atom is 0.341 e. The first-order valence-electron chi connectivity index (χ1n) is 5.80. The predicted octanol–water partition coefficient (Wildman–Crippen LogP) is 0.794. The summed E-state index contributed by atoms with van der Waals surface area (Å²) in [6.07, 6.45) is 5.14. The number of carboxylic acids is 1. The fourth-order valence-electron chi connectivity index (χ4n) is 1.47. The molecule has 0 radical (unpaired) electrons. The second-order valence-corrected chi connectivity index (χ2v) is 5.73. The summed E-state index contributed by atoms with van der Waals surface area (Å²) in [6, 6.07) is 5.51. The molecular formula is C13H15NO5S. The second kappa shape index (κ2) is 6.93. The first-order chi connectivity index (χ1) is 9.41. The number of aliphatic carboxylic acids is 1. The Morgan fingerprint density at radius 2 is 2.00 bits per heavy atom. The van der Waals surface area contributed by atoms with Gasteiger partial charge in [0.15, 0.2) is 6.61 Å². The summed E-state index contributed by atoms with van der Waals surface area (Å²) in [7, 11) is -3.64. The molecule has 108 valence electrons. The van der Waals surface area contributed by atoms with E-state index in [0.717, 1.165) is 0 Å². The van der Waals surface area contributed by atoms with E-state index in [0.29, 0.717) is 0 Å². The van der Waals surface area contributed by atoms with E-state index in [-0.39, 0.29) is 23.7 Å². The third-order valence-corrected chi connectivity index (χ3v) is 4.38. The lowest BCUT2D eigenvalue weighted by Crippen LogP contribution is -2.31. The largest absolute Gasteiger partial charge is 0.482 e. The van der Waals surface area contributed by atoms with Crippen LogP contribution in [0, 0.1) is 12.3 Å². The number of rotatable bonds is 7. The lowest BCUT2D eigenvalue weighted by atomic mass is 10.3. The summed E-state index contributed by atoms with van der Waals surface area (Å²) in [5, 5.41) is 8.48. The van der Waals surface area contributed by atoms with Gasteiger partial charge in [0.25, 0.3) is 0 Å². The number of hydrogen-bond acceptors (Lipinski definition) is 4. The smallest absolute Gasteiger partial charge is 0.341 e. The molecule has 20 heavy (non-hydrogen) atoms. The van der Waals surface area contributed by atoms with Crippen molar-refractivity contribution < 1.29 is 23.1 Å². The number of benzene rings is 1. The van der Waals surface area contributed by atoms with Crippen LogP contribution in [0.3, 0.4) is 0 Å². The molecule has 1 aromatic rings. The molecule has 0 amide bonds. The van der Waals surface area contributed by atoms with E-state index < -0.39 is 22.6 Å². The van der Waals surface area contributed by atoms with Crippen molar-refractivity contribution in [2.24, 2.45) is 0 Å². The molecule has 0 aliphatic heterocycles. The Labute approximate surface area is 118 Å². The summed E-state index contributed by atoms with van der Waals surface area (Å²) in [6.45, 7) is 1.48. The SMILES string of the molecule is C#CCN(CC)S(=O)(=O)c1ccc(OCC(=O)O)cc1. The van der Waals surface area contributed by atoms with Gasteiger partial charge in [0, 0.05) is 6.54 Å². The highest BCUT2D eigenvalue weighted by atomic mass is 32.2. The summed E-state index contributed by atoms with van der Waals surface area (Å²) >= 11 is 0. The van der Waals surface area contributed by atoms with Crippen molar-refractivity contribution in [3.8, 4) is 18.1 Å². The van der Waals surface area contributed by atoms with Gasteiger partial charge in [-0.25, -0.2) is 13.2 Å². The molecule has 0 atom stereocenters. The van der Waals surface area contributed by atoms with Crippen LogP contribution >= 0.6 is 0 Å². The molecule has 1 rings (SSSR count). The fraction of sp³-hybridized carbons (Fsp3) is 0.308. The minimum atomic E-state index is -3.64. The molecule has 0 aliphatic rings. The Hall–Kier alpha value is -2.04. The molecule has 1 N–H and O–H groups in total. The third kappa shape index (κ3) is 3.98. The van der Waals surface area contributed by atoms with Crippen LogP contribution in [0.1, 0.15) is 6.92 Å². The Bertz CT molecular complexity index is 601. The van der Waals surface area contributed by atoms with E-state index in [1.165, 1.54) is 28.6 Å². The van der Waals surface area contributed by atoms with Crippen molar-refractivity contribution in [2.45, 2.75) is 11.8 Å². The van der Waals surface area contributed by atoms with Crippen LogP contribution in [0.4, 0.5) is 0 Å². The average Bonchev–Trinajstić information content (AvgIpc) is 2.42. The quantitative estimate of drug-likeness (QED) is 0.752. The van der Waals surface area contributed by atoms with Crippen LogP contribution < -0.4 is 4.74 Å². The van der Waals surface area contributed by atoms with E-state index in [1.807, 2.05) is 0 Å². The maximum absolute atomic E-state index is 12.2. The van der Waals surface area contributed by atoms with Crippen LogP contribution in [0.5, 0.6) is 5.75 Å². The van der Waals surface area contributed by atoms with Gasteiger partial charge in [0.05, 0.1) is 11.4 Å². The minimum Gasteiger partial charge on any atom is -0.482 e. The van der Waals surface area contributed by atoms with Crippen LogP contribution in [0.2, 0.25) is 0 Å². The van der Waals surface area contributed by atoms with E-state index in [4.69, 9.17) is 16.3 Å². The topological polar surface area (TPSA) is 83.9 Å². The van der Waals surface area contributed by atoms with Crippen molar-refractivity contribution in [2.75, 3.05) is 19.7 Å². The van der Waals surface area contributed by atoms with E-state index >= 15 is 0 Å². The number of sulfonamides is 1. The van der Waals surface area contributed by atoms with Gasteiger partial charge in [-0.3, -0.25) is 0 Å². The Morgan fingerprint density at radius 3 is 2.45 bits per heavy atom. The predicted molar refractivity (Wildman–Crippen MR) is 72.8 cm³/mol. The normalized spacial score (nSPS) is 11.1.